The largest absolute Gasteiger partial charge is 0.465 e. The van der Waals surface area contributed by atoms with Gasteiger partial charge in [0.2, 0.25) is 0 Å². The second-order valence-corrected chi connectivity index (χ2v) is 4.96. The lowest BCUT2D eigenvalue weighted by atomic mass is 10.2. The van der Waals surface area contributed by atoms with Gasteiger partial charge < -0.3 is 15.0 Å². The number of benzene rings is 1. The first-order valence-electron chi connectivity index (χ1n) is 7.65. The molecule has 1 amide bonds. The van der Waals surface area contributed by atoms with Gasteiger partial charge in [-0.25, -0.2) is 14.8 Å². The first-order chi connectivity index (χ1) is 11.6. The highest BCUT2D eigenvalue weighted by molar-refractivity contribution is 6.03. The smallest absolute Gasteiger partial charge is 0.337 e. The molecule has 0 fully saturated rings. The Morgan fingerprint density at radius 3 is 2.25 bits per heavy atom. The molecule has 24 heavy (non-hydrogen) atoms. The number of hydrogen-bond acceptors (Lipinski definition) is 6. The van der Waals surface area contributed by atoms with Gasteiger partial charge in [-0.15, -0.1) is 0 Å². The number of methoxy groups -OCH3 is 1. The highest BCUT2D eigenvalue weighted by Gasteiger charge is 2.11. The van der Waals surface area contributed by atoms with Gasteiger partial charge >= 0.3 is 5.97 Å². The van der Waals surface area contributed by atoms with Gasteiger partial charge in [0.15, 0.2) is 0 Å². The molecule has 0 aliphatic heterocycles. The molecule has 126 valence electrons. The summed E-state index contributed by atoms with van der Waals surface area (Å²) in [5.74, 6) is -0.0517. The summed E-state index contributed by atoms with van der Waals surface area (Å²) in [7, 11) is 1.32. The van der Waals surface area contributed by atoms with Gasteiger partial charge in [-0.1, -0.05) is 0 Å². The van der Waals surface area contributed by atoms with Gasteiger partial charge in [0.25, 0.3) is 5.91 Å². The standard InChI is InChI=1S/C17H20N4O3/c1-4-21(5-2)15-11-18-14(10-19-15)16(22)20-13-8-6-12(7-9-13)17(23)24-3/h6-11H,4-5H2,1-3H3,(H,20,22). The monoisotopic (exact) mass is 328 g/mol. The minimum Gasteiger partial charge on any atom is -0.465 e. The molecule has 0 radical (unpaired) electrons. The number of nitrogens with zero attached hydrogens (tertiary/aromatic N) is 3. The molecule has 0 saturated carbocycles. The van der Waals surface area contributed by atoms with Crippen LogP contribution in [0.4, 0.5) is 11.5 Å². The summed E-state index contributed by atoms with van der Waals surface area (Å²) in [5.41, 5.74) is 1.20. The SMILES string of the molecule is CCN(CC)c1cnc(C(=O)Nc2ccc(C(=O)OC)cc2)cn1. The fourth-order valence-corrected chi connectivity index (χ4v) is 2.15. The zero-order valence-corrected chi connectivity index (χ0v) is 13.9. The molecule has 7 nitrogen and oxygen atoms in total. The van der Waals surface area contributed by atoms with E-state index < -0.39 is 5.97 Å². The van der Waals surface area contributed by atoms with Crippen molar-refractivity contribution in [2.45, 2.75) is 13.8 Å². The Labute approximate surface area is 140 Å². The number of nitrogens with one attached hydrogen (secondary N) is 1. The van der Waals surface area contributed by atoms with Crippen LogP contribution in [0.3, 0.4) is 0 Å². The summed E-state index contributed by atoms with van der Waals surface area (Å²) in [6, 6.07) is 6.41. The number of aromatic nitrogens is 2. The van der Waals surface area contributed by atoms with E-state index in [1.54, 1.807) is 30.5 Å². The predicted molar refractivity (Wildman–Crippen MR) is 91.3 cm³/mol. The van der Waals surface area contributed by atoms with Crippen LogP contribution in [0, 0.1) is 0 Å². The third-order valence-electron chi connectivity index (χ3n) is 3.52. The zero-order chi connectivity index (χ0) is 17.5. The fraction of sp³-hybridized carbons (Fsp3) is 0.294. The maximum Gasteiger partial charge on any atom is 0.337 e. The summed E-state index contributed by atoms with van der Waals surface area (Å²) in [6.07, 6.45) is 3.04. The number of rotatable bonds is 6. The molecule has 0 unspecified atom stereocenters. The minimum atomic E-state index is -0.425. The molecule has 1 N–H and O–H groups in total. The molecule has 2 aromatic rings. The van der Waals surface area contributed by atoms with Crippen molar-refractivity contribution in [2.75, 3.05) is 30.4 Å². The molecule has 1 aromatic carbocycles. The van der Waals surface area contributed by atoms with Crippen LogP contribution in [0.15, 0.2) is 36.7 Å². The van der Waals surface area contributed by atoms with Crippen LogP contribution in [0.1, 0.15) is 34.7 Å². The number of hydrogen-bond donors (Lipinski definition) is 1. The van der Waals surface area contributed by atoms with E-state index in [9.17, 15) is 9.59 Å². The van der Waals surface area contributed by atoms with E-state index in [2.05, 4.69) is 20.0 Å². The van der Waals surface area contributed by atoms with Crippen molar-refractivity contribution in [3.8, 4) is 0 Å². The van der Waals surface area contributed by atoms with Gasteiger partial charge in [0.1, 0.15) is 11.5 Å². The number of carbonyl (C=O) groups is 2. The average molecular weight is 328 g/mol. The van der Waals surface area contributed by atoms with Crippen molar-refractivity contribution in [1.82, 2.24) is 9.97 Å². The summed E-state index contributed by atoms with van der Waals surface area (Å²) in [4.78, 5) is 34.0. The van der Waals surface area contributed by atoms with Crippen LogP contribution < -0.4 is 10.2 Å². The van der Waals surface area contributed by atoms with Crippen molar-refractivity contribution in [1.29, 1.82) is 0 Å². The van der Waals surface area contributed by atoms with Gasteiger partial charge in [-0.2, -0.15) is 0 Å². The second kappa shape index (κ2) is 8.05. The van der Waals surface area contributed by atoms with Crippen LogP contribution in [0.2, 0.25) is 0 Å². The molecular weight excluding hydrogens is 308 g/mol. The Balaban J connectivity index is 2.05. The molecule has 0 bridgehead atoms. The molecular formula is C17H20N4O3. The van der Waals surface area contributed by atoms with Crippen molar-refractivity contribution in [3.05, 3.63) is 47.9 Å². The third kappa shape index (κ3) is 4.07. The molecule has 1 heterocycles. The van der Waals surface area contributed by atoms with Crippen LogP contribution >= 0.6 is 0 Å². The van der Waals surface area contributed by atoms with E-state index >= 15 is 0 Å². The summed E-state index contributed by atoms with van der Waals surface area (Å²) in [6.45, 7) is 5.71. The number of anilines is 2. The maximum atomic E-state index is 12.2. The molecule has 2 rings (SSSR count). The topological polar surface area (TPSA) is 84.4 Å². The summed E-state index contributed by atoms with van der Waals surface area (Å²) >= 11 is 0. The molecule has 1 aromatic heterocycles. The lowest BCUT2D eigenvalue weighted by Gasteiger charge is -2.18. The zero-order valence-electron chi connectivity index (χ0n) is 13.9. The van der Waals surface area contributed by atoms with Crippen molar-refractivity contribution >= 4 is 23.4 Å². The highest BCUT2D eigenvalue weighted by atomic mass is 16.5. The molecule has 7 heteroatoms. The van der Waals surface area contributed by atoms with E-state index in [4.69, 9.17) is 0 Å². The first-order valence-corrected chi connectivity index (χ1v) is 7.65. The normalized spacial score (nSPS) is 10.1. The molecule has 0 aliphatic rings. The minimum absolute atomic E-state index is 0.225. The van der Waals surface area contributed by atoms with E-state index in [0.717, 1.165) is 18.9 Å². The predicted octanol–water partition coefficient (Wildman–Crippen LogP) is 2.36. The average Bonchev–Trinajstić information content (AvgIpc) is 2.63. The Kier molecular flexibility index (Phi) is 5.83. The summed E-state index contributed by atoms with van der Waals surface area (Å²) in [5, 5.41) is 2.71. The van der Waals surface area contributed by atoms with Gasteiger partial charge in [0, 0.05) is 18.8 Å². The van der Waals surface area contributed by atoms with E-state index in [-0.39, 0.29) is 11.6 Å². The van der Waals surface area contributed by atoms with Crippen LogP contribution in [0.5, 0.6) is 0 Å². The quantitative estimate of drug-likeness (QED) is 0.820. The Bertz CT molecular complexity index is 695. The summed E-state index contributed by atoms with van der Waals surface area (Å²) < 4.78 is 4.63. The Hall–Kier alpha value is -2.96. The molecule has 0 aliphatic carbocycles. The van der Waals surface area contributed by atoms with E-state index in [1.807, 2.05) is 18.7 Å². The van der Waals surface area contributed by atoms with E-state index in [1.165, 1.54) is 13.3 Å². The number of ether oxygens (including phenoxy) is 1. The Morgan fingerprint density at radius 1 is 1.08 bits per heavy atom. The van der Waals surface area contributed by atoms with Gasteiger partial charge in [0.05, 0.1) is 25.1 Å². The van der Waals surface area contributed by atoms with Crippen molar-refractivity contribution < 1.29 is 14.3 Å². The fourth-order valence-electron chi connectivity index (χ4n) is 2.15. The highest BCUT2D eigenvalue weighted by Crippen LogP contribution is 2.13. The number of carbonyl (C=O) groups excluding carboxylic acids is 2. The lowest BCUT2D eigenvalue weighted by Crippen LogP contribution is -2.23. The van der Waals surface area contributed by atoms with Crippen LogP contribution in [0.25, 0.3) is 0 Å². The van der Waals surface area contributed by atoms with Gasteiger partial charge in [-0.05, 0) is 38.1 Å². The number of amides is 1. The Morgan fingerprint density at radius 2 is 1.75 bits per heavy atom. The second-order valence-electron chi connectivity index (χ2n) is 4.96. The maximum absolute atomic E-state index is 12.2. The molecule has 0 atom stereocenters. The molecule has 0 saturated heterocycles. The van der Waals surface area contributed by atoms with E-state index in [0.29, 0.717) is 11.3 Å². The lowest BCUT2D eigenvalue weighted by molar-refractivity contribution is 0.0600. The van der Waals surface area contributed by atoms with Crippen molar-refractivity contribution in [3.63, 3.8) is 0 Å². The molecule has 0 spiro atoms. The first kappa shape index (κ1) is 17.4. The van der Waals surface area contributed by atoms with Crippen LogP contribution in [-0.4, -0.2) is 42.0 Å². The third-order valence-corrected chi connectivity index (χ3v) is 3.52. The van der Waals surface area contributed by atoms with Gasteiger partial charge in [-0.3, -0.25) is 4.79 Å². The van der Waals surface area contributed by atoms with Crippen LogP contribution in [-0.2, 0) is 4.74 Å². The van der Waals surface area contributed by atoms with Crippen molar-refractivity contribution in [2.24, 2.45) is 0 Å². The number of esters is 1.